The van der Waals surface area contributed by atoms with Crippen molar-refractivity contribution in [2.24, 2.45) is 0 Å². The molecule has 0 bridgehead atoms. The van der Waals surface area contributed by atoms with E-state index in [1.807, 2.05) is 30.3 Å². The number of nitrogens with one attached hydrogen (secondary N) is 1. The largest absolute Gasteiger partial charge is 0.338 e. The second-order valence-electron chi connectivity index (χ2n) is 5.37. The molecule has 0 unspecified atom stereocenters. The first-order valence-electron chi connectivity index (χ1n) is 7.50. The van der Waals surface area contributed by atoms with E-state index in [1.165, 1.54) is 0 Å². The Morgan fingerprint density at radius 2 is 1.87 bits per heavy atom. The highest BCUT2D eigenvalue weighted by Crippen LogP contribution is 2.16. The molecule has 1 aromatic carbocycles. The number of nitrogens with zero attached hydrogens (tertiary/aromatic N) is 4. The number of carbonyl (C=O) groups excluding carboxylic acids is 1. The fourth-order valence-corrected chi connectivity index (χ4v) is 2.93. The van der Waals surface area contributed by atoms with Gasteiger partial charge in [-0.1, -0.05) is 22.0 Å². The lowest BCUT2D eigenvalue weighted by atomic mass is 10.3. The lowest BCUT2D eigenvalue weighted by Gasteiger charge is -2.34. The van der Waals surface area contributed by atoms with E-state index in [0.29, 0.717) is 6.54 Å². The number of anilines is 2. The van der Waals surface area contributed by atoms with Crippen LogP contribution in [0.2, 0.25) is 0 Å². The van der Waals surface area contributed by atoms with Gasteiger partial charge in [-0.05, 0) is 24.3 Å². The van der Waals surface area contributed by atoms with E-state index in [2.05, 4.69) is 41.0 Å². The first-order valence-corrected chi connectivity index (χ1v) is 8.30. The summed E-state index contributed by atoms with van der Waals surface area (Å²) in [5, 5.41) is 2.92. The monoisotopic (exact) mass is 375 g/mol. The third kappa shape index (κ3) is 4.49. The Morgan fingerprint density at radius 1 is 1.13 bits per heavy atom. The fourth-order valence-electron chi connectivity index (χ4n) is 2.53. The Labute approximate surface area is 143 Å². The van der Waals surface area contributed by atoms with Gasteiger partial charge in [0, 0.05) is 48.7 Å². The van der Waals surface area contributed by atoms with E-state index in [-0.39, 0.29) is 5.91 Å². The first-order chi connectivity index (χ1) is 11.2. The van der Waals surface area contributed by atoms with Gasteiger partial charge in [0.1, 0.15) is 0 Å². The van der Waals surface area contributed by atoms with Gasteiger partial charge in [-0.3, -0.25) is 9.69 Å². The number of aromatic nitrogens is 2. The van der Waals surface area contributed by atoms with E-state index in [4.69, 9.17) is 0 Å². The van der Waals surface area contributed by atoms with Gasteiger partial charge in [-0.25, -0.2) is 9.97 Å². The van der Waals surface area contributed by atoms with Crippen molar-refractivity contribution in [2.75, 3.05) is 42.9 Å². The zero-order valence-corrected chi connectivity index (χ0v) is 14.2. The Balaban J connectivity index is 1.48. The van der Waals surface area contributed by atoms with Crippen LogP contribution in [0.3, 0.4) is 0 Å². The average molecular weight is 376 g/mol. The molecule has 1 aromatic heterocycles. The molecule has 0 radical (unpaired) electrons. The molecule has 6 nitrogen and oxygen atoms in total. The summed E-state index contributed by atoms with van der Waals surface area (Å²) in [6.07, 6.45) is 3.50. The topological polar surface area (TPSA) is 61.4 Å². The predicted molar refractivity (Wildman–Crippen MR) is 93.5 cm³/mol. The Kier molecular flexibility index (Phi) is 5.19. The number of rotatable bonds is 4. The number of halogens is 1. The van der Waals surface area contributed by atoms with E-state index in [0.717, 1.165) is 42.3 Å². The maximum absolute atomic E-state index is 12.1. The third-order valence-corrected chi connectivity index (χ3v) is 4.18. The zero-order chi connectivity index (χ0) is 16.1. The van der Waals surface area contributed by atoms with Gasteiger partial charge < -0.3 is 10.2 Å². The quantitative estimate of drug-likeness (QED) is 0.885. The molecular weight excluding hydrogens is 358 g/mol. The number of hydrogen-bond acceptors (Lipinski definition) is 5. The Hall–Kier alpha value is -1.99. The van der Waals surface area contributed by atoms with Crippen molar-refractivity contribution < 1.29 is 4.79 Å². The summed E-state index contributed by atoms with van der Waals surface area (Å²) in [6.45, 7) is 3.70. The van der Waals surface area contributed by atoms with Crippen molar-refractivity contribution >= 4 is 33.5 Å². The van der Waals surface area contributed by atoms with Crippen molar-refractivity contribution in [3.8, 4) is 0 Å². The SMILES string of the molecule is O=C(CN1CCN(c2ncccn2)CC1)Nc1cccc(Br)c1. The van der Waals surface area contributed by atoms with Gasteiger partial charge in [0.25, 0.3) is 0 Å². The second-order valence-corrected chi connectivity index (χ2v) is 6.29. The summed E-state index contributed by atoms with van der Waals surface area (Å²) in [5.74, 6) is 0.762. The molecule has 0 spiro atoms. The van der Waals surface area contributed by atoms with Crippen LogP contribution in [0.4, 0.5) is 11.6 Å². The number of amides is 1. The molecule has 1 amide bonds. The molecule has 0 atom stereocenters. The van der Waals surface area contributed by atoms with Crippen molar-refractivity contribution in [3.63, 3.8) is 0 Å². The molecular formula is C16H18BrN5O. The summed E-state index contributed by atoms with van der Waals surface area (Å²) < 4.78 is 0.951. The molecule has 0 saturated carbocycles. The van der Waals surface area contributed by atoms with Gasteiger partial charge >= 0.3 is 0 Å². The third-order valence-electron chi connectivity index (χ3n) is 3.68. The van der Waals surface area contributed by atoms with Gasteiger partial charge in [-0.15, -0.1) is 0 Å². The zero-order valence-electron chi connectivity index (χ0n) is 12.7. The van der Waals surface area contributed by atoms with Crippen LogP contribution in [-0.4, -0.2) is 53.5 Å². The van der Waals surface area contributed by atoms with Crippen LogP contribution in [-0.2, 0) is 4.79 Å². The minimum atomic E-state index is 0.00695. The molecule has 1 fully saturated rings. The van der Waals surface area contributed by atoms with E-state index in [1.54, 1.807) is 12.4 Å². The van der Waals surface area contributed by atoms with E-state index >= 15 is 0 Å². The lowest BCUT2D eigenvalue weighted by Crippen LogP contribution is -2.49. The minimum Gasteiger partial charge on any atom is -0.338 e. The molecule has 3 rings (SSSR count). The van der Waals surface area contributed by atoms with E-state index in [9.17, 15) is 4.79 Å². The molecule has 120 valence electrons. The summed E-state index contributed by atoms with van der Waals surface area (Å²) in [6, 6.07) is 9.42. The summed E-state index contributed by atoms with van der Waals surface area (Å²) >= 11 is 3.40. The van der Waals surface area contributed by atoms with E-state index < -0.39 is 0 Å². The van der Waals surface area contributed by atoms with Crippen LogP contribution in [0.25, 0.3) is 0 Å². The molecule has 1 aliphatic rings. The predicted octanol–water partition coefficient (Wildman–Crippen LogP) is 2.00. The molecule has 2 aromatic rings. The Bertz CT molecular complexity index is 659. The highest BCUT2D eigenvalue weighted by molar-refractivity contribution is 9.10. The number of hydrogen-bond donors (Lipinski definition) is 1. The highest BCUT2D eigenvalue weighted by atomic mass is 79.9. The van der Waals surface area contributed by atoms with Gasteiger partial charge in [0.2, 0.25) is 11.9 Å². The van der Waals surface area contributed by atoms with Crippen LogP contribution >= 0.6 is 15.9 Å². The standard InChI is InChI=1S/C16H18BrN5O/c17-13-3-1-4-14(11-13)20-15(23)12-21-7-9-22(10-8-21)16-18-5-2-6-19-16/h1-6,11H,7-10,12H2,(H,20,23). The molecule has 1 saturated heterocycles. The van der Waals surface area contributed by atoms with Crippen LogP contribution in [0.1, 0.15) is 0 Å². The second kappa shape index (κ2) is 7.52. The van der Waals surface area contributed by atoms with Crippen LogP contribution in [0.15, 0.2) is 47.2 Å². The van der Waals surface area contributed by atoms with Crippen LogP contribution < -0.4 is 10.2 Å². The maximum Gasteiger partial charge on any atom is 0.238 e. The van der Waals surface area contributed by atoms with Gasteiger partial charge in [0.05, 0.1) is 6.54 Å². The molecule has 0 aliphatic carbocycles. The lowest BCUT2D eigenvalue weighted by molar-refractivity contribution is -0.117. The van der Waals surface area contributed by atoms with Crippen molar-refractivity contribution in [1.29, 1.82) is 0 Å². The average Bonchev–Trinajstić information content (AvgIpc) is 2.56. The summed E-state index contributed by atoms with van der Waals surface area (Å²) in [4.78, 5) is 25.0. The van der Waals surface area contributed by atoms with Gasteiger partial charge in [0.15, 0.2) is 0 Å². The number of piperazine rings is 1. The maximum atomic E-state index is 12.1. The van der Waals surface area contributed by atoms with Crippen LogP contribution in [0, 0.1) is 0 Å². The minimum absolute atomic E-state index is 0.00695. The number of carbonyl (C=O) groups is 1. The van der Waals surface area contributed by atoms with Crippen LogP contribution in [0.5, 0.6) is 0 Å². The smallest absolute Gasteiger partial charge is 0.238 e. The normalized spacial score (nSPS) is 15.4. The number of benzene rings is 1. The molecule has 7 heteroatoms. The molecule has 1 aliphatic heterocycles. The van der Waals surface area contributed by atoms with Crippen molar-refractivity contribution in [1.82, 2.24) is 14.9 Å². The summed E-state index contributed by atoms with van der Waals surface area (Å²) in [5.41, 5.74) is 0.806. The molecule has 23 heavy (non-hydrogen) atoms. The fraction of sp³-hybridized carbons (Fsp3) is 0.312. The Morgan fingerprint density at radius 3 is 2.57 bits per heavy atom. The summed E-state index contributed by atoms with van der Waals surface area (Å²) in [7, 11) is 0. The molecule has 2 heterocycles. The van der Waals surface area contributed by atoms with Crippen molar-refractivity contribution in [2.45, 2.75) is 0 Å². The van der Waals surface area contributed by atoms with Gasteiger partial charge in [-0.2, -0.15) is 0 Å². The molecule has 1 N–H and O–H groups in total. The first kappa shape index (κ1) is 15.9. The highest BCUT2D eigenvalue weighted by Gasteiger charge is 2.20. The van der Waals surface area contributed by atoms with Crippen molar-refractivity contribution in [3.05, 3.63) is 47.2 Å².